The Kier molecular flexibility index (Phi) is 8.62. The fourth-order valence-electron chi connectivity index (χ4n) is 2.99. The van der Waals surface area contributed by atoms with Crippen molar-refractivity contribution in [1.29, 1.82) is 0 Å². The van der Waals surface area contributed by atoms with E-state index in [9.17, 15) is 27.1 Å². The van der Waals surface area contributed by atoms with Gasteiger partial charge >= 0.3 is 6.18 Å². The lowest BCUT2D eigenvalue weighted by Gasteiger charge is -2.17. The highest BCUT2D eigenvalue weighted by Crippen LogP contribution is 2.40. The summed E-state index contributed by atoms with van der Waals surface area (Å²) in [5.74, 6) is -2.57. The molecule has 0 aliphatic rings. The maximum absolute atomic E-state index is 13.7. The van der Waals surface area contributed by atoms with Crippen LogP contribution in [-0.4, -0.2) is 35.1 Å². The number of halogens is 5. The number of hydrogen-bond acceptors (Lipinski definition) is 7. The summed E-state index contributed by atoms with van der Waals surface area (Å²) in [7, 11) is 0. The molecule has 3 N–H and O–H groups in total. The summed E-state index contributed by atoms with van der Waals surface area (Å²) in [6.07, 6.45) is -3.19. The highest BCUT2D eigenvalue weighted by molar-refractivity contribution is 7.14. The second-order valence-corrected chi connectivity index (χ2v) is 8.98. The van der Waals surface area contributed by atoms with Crippen molar-refractivity contribution in [3.05, 3.63) is 58.6 Å². The lowest BCUT2D eigenvalue weighted by Crippen LogP contribution is -2.36. The van der Waals surface area contributed by atoms with Gasteiger partial charge in [0.25, 0.3) is 0 Å². The van der Waals surface area contributed by atoms with Crippen LogP contribution in [0.5, 0.6) is 11.5 Å². The predicted molar refractivity (Wildman–Crippen MR) is 120 cm³/mol. The fraction of sp³-hybridized carbons (Fsp3) is 0.391. The standard InChI is InChI=1S/C23H24F5N3O3S/c1-22(29,13-32)21-31-30-20(35-21)14-8-9-17(15(12-14)23(26,27)28)33-10-3-2-4-11-34-18-7-5-6-16(24)19(18)25/h5-9,12,32H,2-4,10-11,13,29H2,1H3/t22-/m0/s1. The predicted octanol–water partition coefficient (Wildman–Crippen LogP) is 5.30. The van der Waals surface area contributed by atoms with Gasteiger partial charge in [-0.2, -0.15) is 17.6 Å². The molecule has 12 heteroatoms. The zero-order valence-electron chi connectivity index (χ0n) is 18.7. The van der Waals surface area contributed by atoms with Crippen LogP contribution >= 0.6 is 11.3 Å². The van der Waals surface area contributed by atoms with Crippen LogP contribution in [0.2, 0.25) is 0 Å². The molecule has 0 unspecified atom stereocenters. The molecule has 6 nitrogen and oxygen atoms in total. The molecular weight excluding hydrogens is 493 g/mol. The normalized spacial score (nSPS) is 13.5. The van der Waals surface area contributed by atoms with Crippen LogP contribution in [0.25, 0.3) is 10.6 Å². The molecular formula is C23H24F5N3O3S. The number of nitrogens with two attached hydrogens (primary N) is 1. The Bertz CT molecular complexity index is 1140. The number of ether oxygens (including phenoxy) is 2. The van der Waals surface area contributed by atoms with E-state index in [1.165, 1.54) is 24.3 Å². The quantitative estimate of drug-likeness (QED) is 0.265. The topological polar surface area (TPSA) is 90.5 Å². The van der Waals surface area contributed by atoms with Gasteiger partial charge in [0.05, 0.1) is 30.9 Å². The summed E-state index contributed by atoms with van der Waals surface area (Å²) in [4.78, 5) is 0. The zero-order valence-corrected chi connectivity index (χ0v) is 19.6. The van der Waals surface area contributed by atoms with E-state index in [0.29, 0.717) is 24.3 Å². The summed E-state index contributed by atoms with van der Waals surface area (Å²) in [6, 6.07) is 7.24. The maximum atomic E-state index is 13.7. The molecule has 0 bridgehead atoms. The molecule has 2 aromatic carbocycles. The highest BCUT2D eigenvalue weighted by Gasteiger charge is 2.35. The Morgan fingerprint density at radius 3 is 2.31 bits per heavy atom. The Hall–Kier alpha value is -2.83. The maximum Gasteiger partial charge on any atom is 0.419 e. The number of alkyl halides is 3. The number of hydrogen-bond donors (Lipinski definition) is 2. The van der Waals surface area contributed by atoms with E-state index in [-0.39, 0.29) is 35.3 Å². The van der Waals surface area contributed by atoms with Crippen molar-refractivity contribution in [2.24, 2.45) is 5.73 Å². The third-order valence-electron chi connectivity index (χ3n) is 4.99. The molecule has 3 rings (SSSR count). The molecule has 35 heavy (non-hydrogen) atoms. The van der Waals surface area contributed by atoms with Crippen molar-refractivity contribution in [1.82, 2.24) is 10.2 Å². The van der Waals surface area contributed by atoms with E-state index in [4.69, 9.17) is 15.2 Å². The van der Waals surface area contributed by atoms with Crippen molar-refractivity contribution < 1.29 is 36.5 Å². The molecule has 1 heterocycles. The van der Waals surface area contributed by atoms with E-state index in [1.54, 1.807) is 6.92 Å². The first-order valence-corrected chi connectivity index (χ1v) is 11.5. The summed E-state index contributed by atoms with van der Waals surface area (Å²) in [6.45, 7) is 1.31. The van der Waals surface area contributed by atoms with Crippen molar-refractivity contribution in [2.75, 3.05) is 19.8 Å². The van der Waals surface area contributed by atoms with Crippen LogP contribution in [-0.2, 0) is 11.7 Å². The number of nitrogens with zero attached hydrogens (tertiary/aromatic N) is 2. The number of benzene rings is 2. The molecule has 0 fully saturated rings. The minimum Gasteiger partial charge on any atom is -0.493 e. The van der Waals surface area contributed by atoms with Crippen molar-refractivity contribution >= 4 is 11.3 Å². The van der Waals surface area contributed by atoms with Gasteiger partial charge in [0.15, 0.2) is 11.6 Å². The second-order valence-electron chi connectivity index (χ2n) is 8.01. The van der Waals surface area contributed by atoms with Gasteiger partial charge in [-0.1, -0.05) is 17.4 Å². The highest BCUT2D eigenvalue weighted by atomic mass is 32.1. The number of unbranched alkanes of at least 4 members (excludes halogenated alkanes) is 2. The minimum atomic E-state index is -4.66. The zero-order chi connectivity index (χ0) is 25.6. The van der Waals surface area contributed by atoms with Crippen LogP contribution in [0, 0.1) is 11.6 Å². The first-order chi connectivity index (χ1) is 16.5. The minimum absolute atomic E-state index is 0.0295. The molecule has 0 amide bonds. The van der Waals surface area contributed by atoms with E-state index < -0.39 is 35.5 Å². The lowest BCUT2D eigenvalue weighted by molar-refractivity contribution is -0.138. The number of aliphatic hydroxyl groups excluding tert-OH is 1. The molecule has 1 atom stereocenters. The Morgan fingerprint density at radius 2 is 1.66 bits per heavy atom. The van der Waals surface area contributed by atoms with Crippen LogP contribution in [0.1, 0.15) is 36.8 Å². The third-order valence-corrected chi connectivity index (χ3v) is 6.25. The number of aliphatic hydroxyl groups is 1. The fourth-order valence-corrected chi connectivity index (χ4v) is 3.88. The van der Waals surface area contributed by atoms with Gasteiger partial charge in [0.2, 0.25) is 5.82 Å². The van der Waals surface area contributed by atoms with Crippen LogP contribution in [0.3, 0.4) is 0 Å². The molecule has 1 aromatic heterocycles. The van der Waals surface area contributed by atoms with Crippen molar-refractivity contribution in [3.63, 3.8) is 0 Å². The molecule has 3 aromatic rings. The van der Waals surface area contributed by atoms with Crippen LogP contribution < -0.4 is 15.2 Å². The molecule has 0 radical (unpaired) electrons. The molecule has 190 valence electrons. The van der Waals surface area contributed by atoms with Gasteiger partial charge in [-0.25, -0.2) is 4.39 Å². The van der Waals surface area contributed by atoms with Gasteiger partial charge in [0, 0.05) is 5.56 Å². The average Bonchev–Trinajstić information content (AvgIpc) is 3.32. The lowest BCUT2D eigenvalue weighted by atomic mass is 10.1. The summed E-state index contributed by atoms with van der Waals surface area (Å²) < 4.78 is 78.2. The second kappa shape index (κ2) is 11.3. The number of rotatable bonds is 11. The molecule has 0 spiro atoms. The summed E-state index contributed by atoms with van der Waals surface area (Å²) in [5, 5.41) is 17.7. The van der Waals surface area contributed by atoms with Crippen molar-refractivity contribution in [3.8, 4) is 22.1 Å². The summed E-state index contributed by atoms with van der Waals surface area (Å²) >= 11 is 1.00. The van der Waals surface area contributed by atoms with E-state index >= 15 is 0 Å². The summed E-state index contributed by atoms with van der Waals surface area (Å²) in [5.41, 5.74) is 4.01. The number of aromatic nitrogens is 2. The van der Waals surface area contributed by atoms with E-state index in [1.807, 2.05) is 0 Å². The molecule has 0 saturated heterocycles. The Morgan fingerprint density at radius 1 is 0.971 bits per heavy atom. The third kappa shape index (κ3) is 6.86. The Balaban J connectivity index is 1.56. The van der Waals surface area contributed by atoms with Gasteiger partial charge in [0.1, 0.15) is 15.8 Å². The van der Waals surface area contributed by atoms with Gasteiger partial charge in [-0.3, -0.25) is 0 Å². The van der Waals surface area contributed by atoms with E-state index in [2.05, 4.69) is 10.2 Å². The average molecular weight is 518 g/mol. The molecule has 0 aliphatic carbocycles. The molecule has 0 saturated carbocycles. The monoisotopic (exact) mass is 517 g/mol. The smallest absolute Gasteiger partial charge is 0.419 e. The van der Waals surface area contributed by atoms with Gasteiger partial charge in [-0.05, 0) is 56.5 Å². The van der Waals surface area contributed by atoms with Crippen molar-refractivity contribution in [2.45, 2.75) is 37.9 Å². The van der Waals surface area contributed by atoms with Gasteiger partial charge in [-0.15, -0.1) is 10.2 Å². The van der Waals surface area contributed by atoms with E-state index in [0.717, 1.165) is 23.5 Å². The first kappa shape index (κ1) is 26.8. The van der Waals surface area contributed by atoms with Crippen LogP contribution in [0.15, 0.2) is 36.4 Å². The molecule has 0 aliphatic heterocycles. The van der Waals surface area contributed by atoms with Crippen LogP contribution in [0.4, 0.5) is 22.0 Å². The SMILES string of the molecule is C[C@](N)(CO)c1nnc(-c2ccc(OCCCCCOc3cccc(F)c3F)c(C(F)(F)F)c2)s1. The Labute approximate surface area is 202 Å². The first-order valence-electron chi connectivity index (χ1n) is 10.7. The largest absolute Gasteiger partial charge is 0.493 e. The van der Waals surface area contributed by atoms with Gasteiger partial charge < -0.3 is 20.3 Å².